The van der Waals surface area contributed by atoms with Crippen molar-refractivity contribution in [3.63, 3.8) is 0 Å². The predicted octanol–water partition coefficient (Wildman–Crippen LogP) is 8.02. The number of fused-ring (bicyclic) bond motifs is 5. The molecule has 9 rings (SSSR count). The first-order chi connectivity index (χ1) is 23.4. The van der Waals surface area contributed by atoms with E-state index in [1.165, 1.54) is 30.5 Å². The van der Waals surface area contributed by atoms with Crippen LogP contribution < -0.4 is 26.3 Å². The van der Waals surface area contributed by atoms with E-state index < -0.39 is 15.2 Å². The second-order valence-corrected chi connectivity index (χ2v) is 20.9. The van der Waals surface area contributed by atoms with Crippen molar-refractivity contribution < 1.29 is 4.57 Å². The number of benzene rings is 6. The van der Waals surface area contributed by atoms with E-state index in [2.05, 4.69) is 67.7 Å². The maximum atomic E-state index is 16.2. The summed E-state index contributed by atoms with van der Waals surface area (Å²) >= 11 is 1.82. The molecule has 1 aliphatic rings. The minimum Gasteiger partial charge on any atom is -0.309 e. The number of hydrogen-bond acceptors (Lipinski definition) is 5. The molecule has 7 heteroatoms. The fourth-order valence-electron chi connectivity index (χ4n) is 7.11. The van der Waals surface area contributed by atoms with Gasteiger partial charge in [-0.1, -0.05) is 134 Å². The molecule has 230 valence electrons. The molecular weight excluding hydrogens is 642 g/mol. The first-order valence-corrected chi connectivity index (χ1v) is 21.6. The highest BCUT2D eigenvalue weighted by atomic mass is 32.1. The van der Waals surface area contributed by atoms with Crippen LogP contribution in [0.5, 0.6) is 0 Å². The average molecular weight is 672 g/mol. The van der Waals surface area contributed by atoms with Crippen LogP contribution in [0, 0.1) is 0 Å². The smallest absolute Gasteiger partial charge is 0.170 e. The van der Waals surface area contributed by atoms with Crippen LogP contribution >= 0.6 is 18.5 Å². The van der Waals surface area contributed by atoms with Crippen LogP contribution in [-0.4, -0.2) is 23.0 Å². The lowest BCUT2D eigenvalue weighted by atomic mass is 10.1. The molecule has 2 aromatic heterocycles. The molecule has 0 radical (unpaired) electrons. The van der Waals surface area contributed by atoms with Crippen molar-refractivity contribution in [2.24, 2.45) is 0 Å². The summed E-state index contributed by atoms with van der Waals surface area (Å²) in [5.74, 6) is 1.78. The maximum Gasteiger partial charge on any atom is 0.170 e. The van der Waals surface area contributed by atoms with Gasteiger partial charge in [-0.15, -0.1) is 11.3 Å². The van der Waals surface area contributed by atoms with Crippen molar-refractivity contribution in [2.45, 2.75) is 13.1 Å². The van der Waals surface area contributed by atoms with E-state index in [9.17, 15) is 0 Å². The van der Waals surface area contributed by atoms with Crippen molar-refractivity contribution in [2.75, 3.05) is 0 Å². The zero-order chi connectivity index (χ0) is 32.5. The second kappa shape index (κ2) is 11.0. The normalized spacial score (nSPS) is 16.5. The molecule has 0 aliphatic carbocycles. The maximum absolute atomic E-state index is 16.2. The summed E-state index contributed by atoms with van der Waals surface area (Å²) in [5, 5.41) is 7.56. The lowest BCUT2D eigenvalue weighted by Crippen LogP contribution is -2.67. The molecule has 0 saturated carbocycles. The summed E-state index contributed by atoms with van der Waals surface area (Å²) in [5.41, 5.74) is 2.67. The Morgan fingerprint density at radius 2 is 1.04 bits per heavy atom. The molecule has 0 N–H and O–H groups in total. The van der Waals surface area contributed by atoms with Crippen LogP contribution in [0.2, 0.25) is 13.1 Å². The predicted molar refractivity (Wildman–Crippen MR) is 205 cm³/mol. The minimum absolute atomic E-state index is 0.565. The highest BCUT2D eigenvalue weighted by Crippen LogP contribution is 2.46. The third-order valence-electron chi connectivity index (χ3n) is 9.60. The summed E-state index contributed by atoms with van der Waals surface area (Å²) in [4.78, 5) is 14.9. The van der Waals surface area contributed by atoms with E-state index in [4.69, 9.17) is 15.0 Å². The fourth-order valence-corrected chi connectivity index (χ4v) is 16.5. The molecule has 8 aromatic rings. The van der Waals surface area contributed by atoms with Gasteiger partial charge in [-0.3, -0.25) is 0 Å². The molecule has 0 amide bonds. The molecule has 3 heterocycles. The van der Waals surface area contributed by atoms with Crippen molar-refractivity contribution in [1.82, 2.24) is 15.0 Å². The first kappa shape index (κ1) is 29.2. The first-order valence-electron chi connectivity index (χ1n) is 16.1. The van der Waals surface area contributed by atoms with Crippen molar-refractivity contribution in [3.05, 3.63) is 146 Å². The van der Waals surface area contributed by atoms with Gasteiger partial charge in [-0.2, -0.15) is 0 Å². The van der Waals surface area contributed by atoms with Crippen LogP contribution in [0.4, 0.5) is 0 Å². The SMILES string of the molecule is C[Si]1(C)c2ccc(-c3nc(-c4ccccc4)nc(-c4ccccc4)n3)cc2P(=O)(c2ccccc2)c2cc3c(cc21)sc1ccccc13. The Bertz CT molecular complexity index is 2510. The Labute approximate surface area is 284 Å². The molecule has 4 nitrogen and oxygen atoms in total. The van der Waals surface area contributed by atoms with Crippen LogP contribution in [0.1, 0.15) is 0 Å². The summed E-state index contributed by atoms with van der Waals surface area (Å²) in [6, 6.07) is 49.7. The molecule has 0 saturated heterocycles. The molecule has 0 bridgehead atoms. The minimum atomic E-state index is -3.30. The van der Waals surface area contributed by atoms with Gasteiger partial charge in [0.15, 0.2) is 24.6 Å². The van der Waals surface area contributed by atoms with E-state index in [1.807, 2.05) is 102 Å². The van der Waals surface area contributed by atoms with E-state index in [-0.39, 0.29) is 0 Å². The topological polar surface area (TPSA) is 55.7 Å². The van der Waals surface area contributed by atoms with Gasteiger partial charge in [0.05, 0.1) is 0 Å². The zero-order valence-corrected chi connectivity index (χ0v) is 29.2. The van der Waals surface area contributed by atoms with Gasteiger partial charge in [0.1, 0.15) is 8.07 Å². The quantitative estimate of drug-likeness (QED) is 0.141. The van der Waals surface area contributed by atoms with Crippen LogP contribution in [0.3, 0.4) is 0 Å². The van der Waals surface area contributed by atoms with Gasteiger partial charge in [0, 0.05) is 52.8 Å². The average Bonchev–Trinajstić information content (AvgIpc) is 3.52. The van der Waals surface area contributed by atoms with E-state index >= 15 is 4.57 Å². The van der Waals surface area contributed by atoms with E-state index in [0.29, 0.717) is 17.5 Å². The Hall–Kier alpha value is -5.00. The van der Waals surface area contributed by atoms with E-state index in [0.717, 1.165) is 32.6 Å². The van der Waals surface area contributed by atoms with Gasteiger partial charge in [0.2, 0.25) is 0 Å². The number of thiophene rings is 1. The molecule has 6 aromatic carbocycles. The molecule has 0 spiro atoms. The largest absolute Gasteiger partial charge is 0.309 e. The van der Waals surface area contributed by atoms with Crippen LogP contribution in [0.15, 0.2) is 146 Å². The monoisotopic (exact) mass is 671 g/mol. The molecule has 1 atom stereocenters. The Balaban J connectivity index is 1.32. The third-order valence-corrected chi connectivity index (χ3v) is 17.8. The van der Waals surface area contributed by atoms with Crippen LogP contribution in [-0.2, 0) is 4.57 Å². The summed E-state index contributed by atoms with van der Waals surface area (Å²) < 4.78 is 18.7. The molecular formula is C41H30N3OPSSi. The number of rotatable bonds is 4. The van der Waals surface area contributed by atoms with Gasteiger partial charge < -0.3 is 4.57 Å². The Morgan fingerprint density at radius 1 is 0.500 bits per heavy atom. The summed E-state index contributed by atoms with van der Waals surface area (Å²) in [6.45, 7) is 4.78. The van der Waals surface area contributed by atoms with Crippen molar-refractivity contribution in [3.8, 4) is 34.2 Å². The molecule has 0 fully saturated rings. The van der Waals surface area contributed by atoms with Gasteiger partial charge in [-0.25, -0.2) is 15.0 Å². The van der Waals surface area contributed by atoms with Crippen LogP contribution in [0.25, 0.3) is 54.3 Å². The number of aromatic nitrogens is 3. The molecule has 1 unspecified atom stereocenters. The fraction of sp³-hybridized carbons (Fsp3) is 0.0488. The Morgan fingerprint density at radius 3 is 1.69 bits per heavy atom. The highest BCUT2D eigenvalue weighted by Gasteiger charge is 2.46. The highest BCUT2D eigenvalue weighted by molar-refractivity contribution is 7.87. The van der Waals surface area contributed by atoms with Gasteiger partial charge in [-0.05, 0) is 34.6 Å². The number of nitrogens with zero attached hydrogens (tertiary/aromatic N) is 3. The summed E-state index contributed by atoms with van der Waals surface area (Å²) in [7, 11) is -5.59. The summed E-state index contributed by atoms with van der Waals surface area (Å²) in [6.07, 6.45) is 0. The lowest BCUT2D eigenvalue weighted by molar-refractivity contribution is 0.592. The van der Waals surface area contributed by atoms with Gasteiger partial charge >= 0.3 is 0 Å². The lowest BCUT2D eigenvalue weighted by Gasteiger charge is -2.38. The van der Waals surface area contributed by atoms with Crippen molar-refractivity contribution >= 4 is 73.0 Å². The second-order valence-electron chi connectivity index (χ2n) is 12.8. The third kappa shape index (κ3) is 4.48. The molecule has 48 heavy (non-hydrogen) atoms. The van der Waals surface area contributed by atoms with E-state index in [1.54, 1.807) is 0 Å². The standard InChI is InChI=1S/C41H30N3OPSSi/c1-48(2)37-23-22-29(41-43-39(27-14-6-3-7-15-27)42-40(44-41)28-16-8-4-9-17-28)24-33(37)46(45,30-18-10-5-11-19-30)34-25-32-31-20-12-13-21-35(31)47-36(32)26-38(34)48/h3-26H,1-2H3. The van der Waals surface area contributed by atoms with Gasteiger partial charge in [0.25, 0.3) is 0 Å². The van der Waals surface area contributed by atoms with Crippen molar-refractivity contribution in [1.29, 1.82) is 0 Å². The number of hydrogen-bond donors (Lipinski definition) is 0. The Kier molecular flexibility index (Phi) is 6.70. The molecule has 1 aliphatic heterocycles. The zero-order valence-electron chi connectivity index (χ0n) is 26.5.